The van der Waals surface area contributed by atoms with Gasteiger partial charge >= 0.3 is 5.97 Å². The Hall–Kier alpha value is -1.62. The summed E-state index contributed by atoms with van der Waals surface area (Å²) in [4.78, 5) is 10.6. The molecule has 1 rings (SSSR count). The summed E-state index contributed by atoms with van der Waals surface area (Å²) in [6, 6.07) is 4.53. The molecule has 0 aliphatic carbocycles. The highest BCUT2D eigenvalue weighted by Crippen LogP contribution is 2.20. The van der Waals surface area contributed by atoms with E-state index in [2.05, 4.69) is 0 Å². The third-order valence-electron chi connectivity index (χ3n) is 2.13. The van der Waals surface area contributed by atoms with Crippen LogP contribution in [0.5, 0.6) is 5.75 Å². The maximum Gasteiger partial charge on any atom is 0.339 e. The van der Waals surface area contributed by atoms with Crippen LogP contribution in [0.25, 0.3) is 0 Å². The minimum absolute atomic E-state index is 0.0680. The van der Waals surface area contributed by atoms with Crippen molar-refractivity contribution in [2.24, 2.45) is 0 Å². The monoisotopic (exact) mass is 228 g/mol. The van der Waals surface area contributed by atoms with E-state index in [1.54, 1.807) is 19.1 Å². The fraction of sp³-hybridized carbons (Fsp3) is 0.364. The maximum absolute atomic E-state index is 13.4. The van der Waals surface area contributed by atoms with Crippen LogP contribution in [0.2, 0.25) is 0 Å². The van der Waals surface area contributed by atoms with Gasteiger partial charge in [-0.25, -0.2) is 9.18 Å². The number of carboxylic acids is 1. The predicted molar refractivity (Wildman–Crippen MR) is 54.9 cm³/mol. The lowest BCUT2D eigenvalue weighted by Gasteiger charge is -2.18. The van der Waals surface area contributed by atoms with Gasteiger partial charge in [0.1, 0.15) is 6.61 Å². The lowest BCUT2D eigenvalue weighted by atomic mass is 10.1. The SMILES string of the molecule is Cc1cccc(OCC(C)(O)C(=O)O)c1F. The van der Waals surface area contributed by atoms with Crippen LogP contribution in [-0.2, 0) is 4.79 Å². The fourth-order valence-electron chi connectivity index (χ4n) is 1.01. The molecule has 2 N–H and O–H groups in total. The van der Waals surface area contributed by atoms with E-state index >= 15 is 0 Å². The molecule has 4 nitrogen and oxygen atoms in total. The number of benzene rings is 1. The Morgan fingerprint density at radius 1 is 1.56 bits per heavy atom. The fourth-order valence-corrected chi connectivity index (χ4v) is 1.01. The van der Waals surface area contributed by atoms with Crippen molar-refractivity contribution in [2.75, 3.05) is 6.61 Å². The average Bonchev–Trinajstić information content (AvgIpc) is 2.20. The van der Waals surface area contributed by atoms with Gasteiger partial charge in [0, 0.05) is 0 Å². The van der Waals surface area contributed by atoms with Crippen molar-refractivity contribution in [3.8, 4) is 5.75 Å². The Kier molecular flexibility index (Phi) is 3.49. The largest absolute Gasteiger partial charge is 0.487 e. The van der Waals surface area contributed by atoms with Crippen LogP contribution in [-0.4, -0.2) is 28.4 Å². The Balaban J connectivity index is 2.76. The highest BCUT2D eigenvalue weighted by atomic mass is 19.1. The van der Waals surface area contributed by atoms with E-state index in [1.807, 2.05) is 0 Å². The van der Waals surface area contributed by atoms with Gasteiger partial charge in [0.25, 0.3) is 0 Å². The summed E-state index contributed by atoms with van der Waals surface area (Å²) in [6.07, 6.45) is 0. The number of aryl methyl sites for hydroxylation is 1. The molecule has 1 aromatic carbocycles. The first-order valence-electron chi connectivity index (χ1n) is 4.68. The standard InChI is InChI=1S/C11H13FO4/c1-7-4-3-5-8(9(7)12)16-6-11(2,15)10(13)14/h3-5,15H,6H2,1-2H3,(H,13,14). The zero-order valence-electron chi connectivity index (χ0n) is 9.03. The summed E-state index contributed by atoms with van der Waals surface area (Å²) < 4.78 is 18.4. The van der Waals surface area contributed by atoms with Crippen LogP contribution in [0.1, 0.15) is 12.5 Å². The molecule has 0 spiro atoms. The second kappa shape index (κ2) is 4.49. The van der Waals surface area contributed by atoms with Crippen molar-refractivity contribution in [1.82, 2.24) is 0 Å². The summed E-state index contributed by atoms with van der Waals surface area (Å²) >= 11 is 0. The van der Waals surface area contributed by atoms with E-state index in [1.165, 1.54) is 6.07 Å². The van der Waals surface area contributed by atoms with Crippen molar-refractivity contribution in [2.45, 2.75) is 19.4 Å². The van der Waals surface area contributed by atoms with Gasteiger partial charge < -0.3 is 14.9 Å². The van der Waals surface area contributed by atoms with Crippen molar-refractivity contribution < 1.29 is 24.1 Å². The molecule has 1 unspecified atom stereocenters. The second-order valence-corrected chi connectivity index (χ2v) is 3.75. The van der Waals surface area contributed by atoms with Crippen molar-refractivity contribution in [3.05, 3.63) is 29.6 Å². The van der Waals surface area contributed by atoms with Crippen LogP contribution < -0.4 is 4.74 Å². The van der Waals surface area contributed by atoms with Crippen LogP contribution in [0.15, 0.2) is 18.2 Å². The van der Waals surface area contributed by atoms with Crippen LogP contribution >= 0.6 is 0 Å². The molecule has 5 heteroatoms. The van der Waals surface area contributed by atoms with Crippen LogP contribution in [0.3, 0.4) is 0 Å². The van der Waals surface area contributed by atoms with E-state index in [0.29, 0.717) is 5.56 Å². The van der Waals surface area contributed by atoms with E-state index < -0.39 is 24.0 Å². The molecule has 0 amide bonds. The predicted octanol–water partition coefficient (Wildman–Crippen LogP) is 1.35. The third kappa shape index (κ3) is 2.70. The molecule has 1 aromatic rings. The summed E-state index contributed by atoms with van der Waals surface area (Å²) in [5, 5.41) is 18.0. The average molecular weight is 228 g/mol. The molecule has 0 saturated carbocycles. The minimum atomic E-state index is -2.03. The highest BCUT2D eigenvalue weighted by Gasteiger charge is 2.31. The molecule has 0 radical (unpaired) electrons. The summed E-state index contributed by atoms with van der Waals surface area (Å²) in [5.41, 5.74) is -1.64. The molecule has 0 aliphatic heterocycles. The molecular formula is C11H13FO4. The van der Waals surface area contributed by atoms with Crippen LogP contribution in [0, 0.1) is 12.7 Å². The smallest absolute Gasteiger partial charge is 0.339 e. The topological polar surface area (TPSA) is 66.8 Å². The van der Waals surface area contributed by atoms with E-state index in [9.17, 15) is 14.3 Å². The molecule has 0 fully saturated rings. The zero-order chi connectivity index (χ0) is 12.3. The van der Waals surface area contributed by atoms with Gasteiger partial charge in [-0.15, -0.1) is 0 Å². The lowest BCUT2D eigenvalue weighted by Crippen LogP contribution is -2.41. The number of halogens is 1. The van der Waals surface area contributed by atoms with Gasteiger partial charge in [-0.2, -0.15) is 0 Å². The normalized spacial score (nSPS) is 14.2. The summed E-state index contributed by atoms with van der Waals surface area (Å²) in [7, 11) is 0. The minimum Gasteiger partial charge on any atom is -0.487 e. The third-order valence-corrected chi connectivity index (χ3v) is 2.13. The second-order valence-electron chi connectivity index (χ2n) is 3.75. The zero-order valence-corrected chi connectivity index (χ0v) is 9.03. The van der Waals surface area contributed by atoms with Gasteiger partial charge in [-0.05, 0) is 25.5 Å². The Morgan fingerprint density at radius 2 is 2.19 bits per heavy atom. The van der Waals surface area contributed by atoms with Gasteiger partial charge in [-0.1, -0.05) is 12.1 Å². The molecule has 16 heavy (non-hydrogen) atoms. The number of carbonyl (C=O) groups is 1. The first kappa shape index (κ1) is 12.4. The molecule has 0 saturated heterocycles. The van der Waals surface area contributed by atoms with Crippen LogP contribution in [0.4, 0.5) is 4.39 Å². The number of aliphatic carboxylic acids is 1. The molecule has 88 valence electrons. The molecule has 0 heterocycles. The maximum atomic E-state index is 13.4. The summed E-state index contributed by atoms with van der Waals surface area (Å²) in [6.45, 7) is 2.14. The molecule has 0 bridgehead atoms. The molecule has 0 aliphatic rings. The number of rotatable bonds is 4. The molecule has 0 aromatic heterocycles. The van der Waals surface area contributed by atoms with E-state index in [0.717, 1.165) is 6.92 Å². The first-order chi connectivity index (χ1) is 7.34. The number of carboxylic acid groups (broad SMARTS) is 1. The Labute approximate surface area is 92.3 Å². The first-order valence-corrected chi connectivity index (χ1v) is 4.68. The summed E-state index contributed by atoms with van der Waals surface area (Å²) in [5.74, 6) is -2.04. The molecular weight excluding hydrogens is 215 g/mol. The van der Waals surface area contributed by atoms with Gasteiger partial charge in [-0.3, -0.25) is 0 Å². The number of ether oxygens (including phenoxy) is 1. The number of aliphatic hydroxyl groups is 1. The number of hydrogen-bond donors (Lipinski definition) is 2. The van der Waals surface area contributed by atoms with Gasteiger partial charge in [0.2, 0.25) is 0 Å². The highest BCUT2D eigenvalue weighted by molar-refractivity contribution is 5.76. The van der Waals surface area contributed by atoms with E-state index in [4.69, 9.17) is 9.84 Å². The number of hydrogen-bond acceptors (Lipinski definition) is 3. The quantitative estimate of drug-likeness (QED) is 0.816. The van der Waals surface area contributed by atoms with E-state index in [-0.39, 0.29) is 5.75 Å². The Morgan fingerprint density at radius 3 is 2.75 bits per heavy atom. The lowest BCUT2D eigenvalue weighted by molar-refractivity contribution is -0.159. The van der Waals surface area contributed by atoms with Crippen molar-refractivity contribution in [3.63, 3.8) is 0 Å². The van der Waals surface area contributed by atoms with Gasteiger partial charge in [0.15, 0.2) is 17.2 Å². The van der Waals surface area contributed by atoms with Gasteiger partial charge in [0.05, 0.1) is 0 Å². The molecule has 1 atom stereocenters. The van der Waals surface area contributed by atoms with Crippen molar-refractivity contribution >= 4 is 5.97 Å². The van der Waals surface area contributed by atoms with Crippen molar-refractivity contribution in [1.29, 1.82) is 0 Å². The Bertz CT molecular complexity index is 401.